The number of ether oxygens (including phenoxy) is 1. The number of nitrogens with one attached hydrogen (secondary N) is 3. The van der Waals surface area contributed by atoms with Crippen molar-refractivity contribution in [1.82, 2.24) is 15.2 Å². The second kappa shape index (κ2) is 7.52. The lowest BCUT2D eigenvalue weighted by molar-refractivity contribution is -0.136. The van der Waals surface area contributed by atoms with Gasteiger partial charge in [0.05, 0.1) is 12.6 Å². The summed E-state index contributed by atoms with van der Waals surface area (Å²) in [4.78, 5) is 53.7. The Labute approximate surface area is 182 Å². The molecule has 3 heterocycles. The third kappa shape index (κ3) is 3.27. The molecule has 5 rings (SSSR count). The second-order valence-electron chi connectivity index (χ2n) is 7.83. The molecule has 2 aliphatic rings. The molecule has 2 aromatic carbocycles. The molecule has 0 bridgehead atoms. The average Bonchev–Trinajstić information content (AvgIpc) is 3.35. The molecule has 0 saturated carbocycles. The fraction of sp³-hybridized carbons (Fsp3) is 0.217. The molecule has 9 heteroatoms. The van der Waals surface area contributed by atoms with E-state index in [0.29, 0.717) is 29.1 Å². The minimum Gasteiger partial charge on any atom is -0.495 e. The first-order valence-corrected chi connectivity index (χ1v) is 10.2. The number of para-hydroxylation sites is 1. The monoisotopic (exact) mass is 432 g/mol. The van der Waals surface area contributed by atoms with Gasteiger partial charge in [-0.3, -0.25) is 24.5 Å². The normalized spacial score (nSPS) is 18.0. The number of aromatic nitrogens is 1. The van der Waals surface area contributed by atoms with Crippen molar-refractivity contribution in [3.05, 3.63) is 59.3 Å². The Morgan fingerprint density at radius 1 is 1.16 bits per heavy atom. The van der Waals surface area contributed by atoms with Crippen molar-refractivity contribution in [3.63, 3.8) is 0 Å². The number of anilines is 1. The van der Waals surface area contributed by atoms with Gasteiger partial charge in [-0.25, -0.2) is 0 Å². The predicted octanol–water partition coefficient (Wildman–Crippen LogP) is 2.19. The molecule has 162 valence electrons. The van der Waals surface area contributed by atoms with Crippen LogP contribution in [0.5, 0.6) is 5.75 Å². The molecule has 0 spiro atoms. The van der Waals surface area contributed by atoms with Crippen LogP contribution in [0.15, 0.2) is 42.5 Å². The van der Waals surface area contributed by atoms with Crippen LogP contribution in [0.1, 0.15) is 39.3 Å². The number of fused-ring (bicyclic) bond motifs is 2. The molecule has 9 nitrogen and oxygen atoms in total. The Kier molecular flexibility index (Phi) is 4.66. The highest BCUT2D eigenvalue weighted by atomic mass is 16.5. The molecule has 1 atom stereocenters. The number of hydrogen-bond acceptors (Lipinski definition) is 5. The molecular formula is C23H20N4O5. The fourth-order valence-electron chi connectivity index (χ4n) is 4.27. The lowest BCUT2D eigenvalue weighted by Crippen LogP contribution is -2.52. The smallest absolute Gasteiger partial charge is 0.272 e. The number of aromatic amines is 1. The fourth-order valence-corrected chi connectivity index (χ4v) is 4.27. The van der Waals surface area contributed by atoms with Gasteiger partial charge in [-0.1, -0.05) is 12.1 Å². The molecule has 1 aromatic heterocycles. The summed E-state index contributed by atoms with van der Waals surface area (Å²) in [6.45, 7) is 0.244. The minimum atomic E-state index is -0.674. The number of amides is 4. The third-order valence-electron chi connectivity index (χ3n) is 5.86. The van der Waals surface area contributed by atoms with Crippen LogP contribution in [0.25, 0.3) is 10.9 Å². The Morgan fingerprint density at radius 3 is 2.78 bits per heavy atom. The van der Waals surface area contributed by atoms with Crippen molar-refractivity contribution < 1.29 is 23.9 Å². The Morgan fingerprint density at radius 2 is 2.00 bits per heavy atom. The van der Waals surface area contributed by atoms with Crippen molar-refractivity contribution >= 4 is 40.2 Å². The maximum Gasteiger partial charge on any atom is 0.272 e. The summed E-state index contributed by atoms with van der Waals surface area (Å²) in [5.41, 5.74) is 2.86. The summed E-state index contributed by atoms with van der Waals surface area (Å²) in [5, 5.41) is 5.99. The topological polar surface area (TPSA) is 121 Å². The molecule has 1 saturated heterocycles. The van der Waals surface area contributed by atoms with Crippen LogP contribution in [-0.2, 0) is 16.1 Å². The van der Waals surface area contributed by atoms with Crippen LogP contribution in [0.3, 0.4) is 0 Å². The van der Waals surface area contributed by atoms with Crippen molar-refractivity contribution in [3.8, 4) is 5.75 Å². The molecule has 0 aliphatic carbocycles. The van der Waals surface area contributed by atoms with Crippen LogP contribution in [-0.4, -0.2) is 46.7 Å². The number of carbonyl (C=O) groups is 4. The molecule has 0 radical (unpaired) electrons. The summed E-state index contributed by atoms with van der Waals surface area (Å²) in [6.07, 6.45) is 0.505. The van der Waals surface area contributed by atoms with E-state index in [0.717, 1.165) is 16.5 Å². The highest BCUT2D eigenvalue weighted by Crippen LogP contribution is 2.30. The number of methoxy groups -OCH3 is 1. The number of imide groups is 1. The Hall–Kier alpha value is -4.14. The van der Waals surface area contributed by atoms with E-state index in [-0.39, 0.29) is 30.7 Å². The van der Waals surface area contributed by atoms with E-state index in [1.165, 1.54) is 4.90 Å². The van der Waals surface area contributed by atoms with Gasteiger partial charge in [-0.15, -0.1) is 0 Å². The number of benzene rings is 2. The number of carbonyl (C=O) groups excluding carboxylic acids is 4. The first-order valence-electron chi connectivity index (χ1n) is 10.2. The van der Waals surface area contributed by atoms with Crippen LogP contribution in [0.2, 0.25) is 0 Å². The molecular weight excluding hydrogens is 412 g/mol. The van der Waals surface area contributed by atoms with Crippen LogP contribution < -0.4 is 15.4 Å². The van der Waals surface area contributed by atoms with Gasteiger partial charge in [0, 0.05) is 29.6 Å². The predicted molar refractivity (Wildman–Crippen MR) is 115 cm³/mol. The van der Waals surface area contributed by atoms with Gasteiger partial charge in [-0.05, 0) is 42.3 Å². The molecule has 1 unspecified atom stereocenters. The van der Waals surface area contributed by atoms with Crippen molar-refractivity contribution in [1.29, 1.82) is 0 Å². The maximum atomic E-state index is 12.8. The van der Waals surface area contributed by atoms with Gasteiger partial charge >= 0.3 is 0 Å². The first kappa shape index (κ1) is 19.8. The van der Waals surface area contributed by atoms with Gasteiger partial charge < -0.3 is 19.9 Å². The minimum absolute atomic E-state index is 0.202. The van der Waals surface area contributed by atoms with Crippen molar-refractivity contribution in [2.45, 2.75) is 25.4 Å². The zero-order valence-electron chi connectivity index (χ0n) is 17.2. The number of H-pyrrole nitrogens is 1. The molecule has 3 aromatic rings. The van der Waals surface area contributed by atoms with E-state index in [1.807, 2.05) is 18.2 Å². The number of piperidine rings is 1. The standard InChI is InChI=1S/C23H20N4O5/c1-32-18-4-2-3-12-10-16(25-20(12)18)21(29)24-14-5-6-15-13(9-14)11-27(23(15)31)17-7-8-19(28)26-22(17)30/h2-6,9-10,17,25H,7-8,11H2,1H3,(H,24,29)(H,26,28,30). The van der Waals surface area contributed by atoms with Crippen molar-refractivity contribution in [2.24, 2.45) is 0 Å². The largest absolute Gasteiger partial charge is 0.495 e. The first-order chi connectivity index (χ1) is 15.4. The Balaban J connectivity index is 1.35. The van der Waals surface area contributed by atoms with Crippen LogP contribution in [0, 0.1) is 0 Å². The molecule has 3 N–H and O–H groups in total. The van der Waals surface area contributed by atoms with E-state index in [4.69, 9.17) is 4.74 Å². The number of hydrogen-bond donors (Lipinski definition) is 3. The lowest BCUT2D eigenvalue weighted by atomic mass is 10.0. The maximum absolute atomic E-state index is 12.8. The second-order valence-corrected chi connectivity index (χ2v) is 7.83. The number of rotatable bonds is 4. The van der Waals surface area contributed by atoms with Gasteiger partial charge in [0.2, 0.25) is 11.8 Å². The Bertz CT molecular complexity index is 1290. The third-order valence-corrected chi connectivity index (χ3v) is 5.86. The van der Waals surface area contributed by atoms with E-state index >= 15 is 0 Å². The summed E-state index contributed by atoms with van der Waals surface area (Å²) in [6, 6.07) is 11.7. The van der Waals surface area contributed by atoms with E-state index in [1.54, 1.807) is 31.4 Å². The quantitative estimate of drug-likeness (QED) is 0.546. The van der Waals surface area contributed by atoms with Gasteiger partial charge in [-0.2, -0.15) is 0 Å². The molecule has 4 amide bonds. The molecule has 1 fully saturated rings. The number of nitrogens with zero attached hydrogens (tertiary/aromatic N) is 1. The summed E-state index contributed by atoms with van der Waals surface area (Å²) < 4.78 is 5.33. The zero-order valence-corrected chi connectivity index (χ0v) is 17.2. The molecule has 2 aliphatic heterocycles. The summed E-state index contributed by atoms with van der Waals surface area (Å²) >= 11 is 0. The van der Waals surface area contributed by atoms with E-state index < -0.39 is 11.9 Å². The zero-order chi connectivity index (χ0) is 22.4. The van der Waals surface area contributed by atoms with Gasteiger partial charge in [0.25, 0.3) is 11.8 Å². The van der Waals surface area contributed by atoms with E-state index in [2.05, 4.69) is 15.6 Å². The highest BCUT2D eigenvalue weighted by molar-refractivity contribution is 6.08. The van der Waals surface area contributed by atoms with Crippen LogP contribution >= 0.6 is 0 Å². The lowest BCUT2D eigenvalue weighted by Gasteiger charge is -2.29. The van der Waals surface area contributed by atoms with E-state index in [9.17, 15) is 19.2 Å². The average molecular weight is 432 g/mol. The molecule has 32 heavy (non-hydrogen) atoms. The summed E-state index contributed by atoms with van der Waals surface area (Å²) in [5.74, 6) is -0.712. The van der Waals surface area contributed by atoms with Gasteiger partial charge in [0.1, 0.15) is 17.5 Å². The van der Waals surface area contributed by atoms with Gasteiger partial charge in [0.15, 0.2) is 0 Å². The van der Waals surface area contributed by atoms with Crippen molar-refractivity contribution in [2.75, 3.05) is 12.4 Å². The highest BCUT2D eigenvalue weighted by Gasteiger charge is 2.39. The SMILES string of the molecule is COc1cccc2cc(C(=O)Nc3ccc4c(c3)CN(C3CCC(=O)NC3=O)C4=O)[nH]c12. The van der Waals surface area contributed by atoms with Crippen LogP contribution in [0.4, 0.5) is 5.69 Å². The summed E-state index contributed by atoms with van der Waals surface area (Å²) in [7, 11) is 1.57.